The minimum atomic E-state index is -0.771. The van der Waals surface area contributed by atoms with Crippen LogP contribution in [0.15, 0.2) is 54.9 Å². The maximum Gasteiger partial charge on any atom is 0.251 e. The van der Waals surface area contributed by atoms with E-state index in [2.05, 4.69) is 26.3 Å². The van der Waals surface area contributed by atoms with Crippen molar-refractivity contribution >= 4 is 22.8 Å². The van der Waals surface area contributed by atoms with Crippen LogP contribution in [-0.2, 0) is 23.3 Å². The van der Waals surface area contributed by atoms with Gasteiger partial charge in [0.2, 0.25) is 5.95 Å². The molecule has 194 valence electrons. The number of fused-ring (bicyclic) bond motifs is 3. The van der Waals surface area contributed by atoms with Crippen molar-refractivity contribution in [3.63, 3.8) is 0 Å². The van der Waals surface area contributed by atoms with Crippen LogP contribution in [0.1, 0.15) is 40.5 Å². The van der Waals surface area contributed by atoms with Gasteiger partial charge < -0.3 is 15.0 Å². The molecule has 2 aliphatic heterocycles. The zero-order chi connectivity index (χ0) is 26.6. The van der Waals surface area contributed by atoms with Crippen LogP contribution >= 0.6 is 0 Å². The van der Waals surface area contributed by atoms with Gasteiger partial charge in [0, 0.05) is 36.4 Å². The number of rotatable bonds is 5. The van der Waals surface area contributed by atoms with Crippen molar-refractivity contribution in [1.82, 2.24) is 25.3 Å². The number of hydrogen-bond acceptors (Lipinski definition) is 8. The van der Waals surface area contributed by atoms with E-state index in [1.165, 1.54) is 6.42 Å². The van der Waals surface area contributed by atoms with Crippen LogP contribution in [0, 0.1) is 23.2 Å². The highest BCUT2D eigenvalue weighted by Gasteiger charge is 2.45. The van der Waals surface area contributed by atoms with Gasteiger partial charge in [0.25, 0.3) is 5.91 Å². The zero-order valence-corrected chi connectivity index (χ0v) is 21.6. The van der Waals surface area contributed by atoms with Gasteiger partial charge in [-0.1, -0.05) is 6.07 Å². The minimum Gasteiger partial charge on any atom is -0.375 e. The molecule has 9 nitrogen and oxygen atoms in total. The lowest BCUT2D eigenvalue weighted by atomic mass is 9.79. The minimum absolute atomic E-state index is 0.221. The summed E-state index contributed by atoms with van der Waals surface area (Å²) < 4.78 is 5.57. The lowest BCUT2D eigenvalue weighted by Gasteiger charge is -2.30. The molecule has 39 heavy (non-hydrogen) atoms. The van der Waals surface area contributed by atoms with E-state index in [4.69, 9.17) is 14.7 Å². The highest BCUT2D eigenvalue weighted by molar-refractivity contribution is 5.94. The number of benzene rings is 1. The number of aromatic nitrogens is 4. The van der Waals surface area contributed by atoms with E-state index in [1.807, 2.05) is 37.3 Å². The average molecular weight is 518 g/mol. The van der Waals surface area contributed by atoms with Gasteiger partial charge in [-0.2, -0.15) is 5.26 Å². The molecule has 5 heterocycles. The number of amides is 1. The van der Waals surface area contributed by atoms with Crippen molar-refractivity contribution in [3.8, 4) is 17.5 Å². The van der Waals surface area contributed by atoms with E-state index in [9.17, 15) is 10.1 Å². The third-order valence-corrected chi connectivity index (χ3v) is 8.09. The van der Waals surface area contributed by atoms with Crippen LogP contribution in [0.4, 0.5) is 5.95 Å². The van der Waals surface area contributed by atoms with Gasteiger partial charge in [0.05, 0.1) is 48.4 Å². The largest absolute Gasteiger partial charge is 0.375 e. The summed E-state index contributed by atoms with van der Waals surface area (Å²) >= 11 is 0. The molecular formula is C30H27N7O2. The molecule has 1 saturated carbocycles. The summed E-state index contributed by atoms with van der Waals surface area (Å²) in [7, 11) is 0. The van der Waals surface area contributed by atoms with Crippen LogP contribution < -0.4 is 10.2 Å². The van der Waals surface area contributed by atoms with Crippen LogP contribution in [0.5, 0.6) is 0 Å². The Morgan fingerprint density at radius 3 is 2.82 bits per heavy atom. The van der Waals surface area contributed by atoms with Gasteiger partial charge in [0.15, 0.2) is 0 Å². The molecule has 2 unspecified atom stereocenters. The number of carbonyl (C=O) groups is 1. The predicted octanol–water partition coefficient (Wildman–Crippen LogP) is 3.78. The number of pyridine rings is 2. The number of nitrogens with one attached hydrogen (secondary N) is 1. The van der Waals surface area contributed by atoms with E-state index >= 15 is 0 Å². The second-order valence-corrected chi connectivity index (χ2v) is 11.0. The van der Waals surface area contributed by atoms with Crippen LogP contribution in [-0.4, -0.2) is 45.5 Å². The molecule has 7 rings (SSSR count). The van der Waals surface area contributed by atoms with E-state index < -0.39 is 5.41 Å². The Balaban J connectivity index is 1.08. The highest BCUT2D eigenvalue weighted by atomic mass is 16.5. The molecule has 3 aliphatic rings. The van der Waals surface area contributed by atoms with Crippen molar-refractivity contribution in [2.45, 2.75) is 31.9 Å². The Hall–Kier alpha value is -4.42. The third-order valence-electron chi connectivity index (χ3n) is 8.09. The fourth-order valence-electron chi connectivity index (χ4n) is 5.67. The van der Waals surface area contributed by atoms with E-state index in [-0.39, 0.29) is 12.5 Å². The Morgan fingerprint density at radius 1 is 1.13 bits per heavy atom. The molecule has 4 aromatic rings. The summed E-state index contributed by atoms with van der Waals surface area (Å²) in [6.45, 7) is 4.93. The molecule has 1 aliphatic carbocycles. The van der Waals surface area contributed by atoms with E-state index in [1.54, 1.807) is 24.5 Å². The lowest BCUT2D eigenvalue weighted by molar-refractivity contribution is 0.0757. The van der Waals surface area contributed by atoms with Crippen molar-refractivity contribution in [1.29, 1.82) is 5.26 Å². The SMILES string of the molecule is C[C@@]1(C#N)COCc2ccc(C(=O)NCc3cc4nc(-c5ccnc(N6CC7CC7C6)n5)ccc4cn3)cc21. The van der Waals surface area contributed by atoms with E-state index in [0.29, 0.717) is 24.5 Å². The molecule has 3 atom stereocenters. The number of carbonyl (C=O) groups excluding carboxylic acids is 1. The van der Waals surface area contributed by atoms with Crippen LogP contribution in [0.2, 0.25) is 0 Å². The molecule has 1 N–H and O–H groups in total. The van der Waals surface area contributed by atoms with Crippen molar-refractivity contribution in [3.05, 3.63) is 77.2 Å². The number of ether oxygens (including phenoxy) is 1. The van der Waals surface area contributed by atoms with Gasteiger partial charge >= 0.3 is 0 Å². The van der Waals surface area contributed by atoms with Gasteiger partial charge in [0.1, 0.15) is 5.41 Å². The molecule has 0 radical (unpaired) electrons. The quantitative estimate of drug-likeness (QED) is 0.425. The molecule has 1 aromatic carbocycles. The first-order chi connectivity index (χ1) is 19.0. The van der Waals surface area contributed by atoms with Crippen molar-refractivity contribution in [2.75, 3.05) is 24.6 Å². The van der Waals surface area contributed by atoms with Crippen molar-refractivity contribution in [2.24, 2.45) is 11.8 Å². The fraction of sp³-hybridized carbons (Fsp3) is 0.333. The topological polar surface area (TPSA) is 117 Å². The second-order valence-electron chi connectivity index (χ2n) is 11.0. The van der Waals surface area contributed by atoms with Gasteiger partial charge in [-0.3, -0.25) is 9.78 Å². The Bertz CT molecular complexity index is 1660. The second kappa shape index (κ2) is 9.10. The molecule has 0 bridgehead atoms. The highest BCUT2D eigenvalue weighted by Crippen LogP contribution is 2.45. The Labute approximate surface area is 225 Å². The molecule has 3 aromatic heterocycles. The van der Waals surface area contributed by atoms with Gasteiger partial charge in [-0.25, -0.2) is 15.0 Å². The first-order valence-corrected chi connectivity index (χ1v) is 13.2. The first kappa shape index (κ1) is 23.7. The van der Waals surface area contributed by atoms with Gasteiger partial charge in [-0.15, -0.1) is 0 Å². The predicted molar refractivity (Wildman–Crippen MR) is 145 cm³/mol. The smallest absolute Gasteiger partial charge is 0.251 e. The molecule has 0 spiro atoms. The summed E-state index contributed by atoms with van der Waals surface area (Å²) in [5.41, 5.74) is 4.57. The molecule has 9 heteroatoms. The average Bonchev–Trinajstić information content (AvgIpc) is 3.59. The summed E-state index contributed by atoms with van der Waals surface area (Å²) in [6.07, 6.45) is 4.91. The molecule has 2 fully saturated rings. The maximum atomic E-state index is 13.0. The van der Waals surface area contributed by atoms with Crippen LogP contribution in [0.25, 0.3) is 22.3 Å². The summed E-state index contributed by atoms with van der Waals surface area (Å²) in [4.78, 5) is 33.9. The third kappa shape index (κ3) is 4.37. The number of nitriles is 1. The summed E-state index contributed by atoms with van der Waals surface area (Å²) in [5, 5.41) is 13.5. The van der Waals surface area contributed by atoms with Crippen molar-refractivity contribution < 1.29 is 9.53 Å². The standard InChI is InChI=1S/C30H27N7O2/c1-30(16-31)17-39-15-20-3-2-18(9-24(20)30)28(38)34-12-23-10-27-19(11-33-23)4-5-25(35-27)26-6-7-32-29(36-26)37-13-21-8-22(21)14-37/h2-7,9-11,21-22H,8,12-15,17H2,1H3,(H,34,38)/t21?,22?,30-/m1/s1. The van der Waals surface area contributed by atoms with Gasteiger partial charge in [-0.05, 0) is 72.7 Å². The zero-order valence-electron chi connectivity index (χ0n) is 21.6. The number of anilines is 1. The maximum absolute atomic E-state index is 13.0. The summed E-state index contributed by atoms with van der Waals surface area (Å²) in [5.74, 6) is 2.16. The number of piperidine rings is 1. The lowest BCUT2D eigenvalue weighted by Crippen LogP contribution is -2.33. The number of nitrogens with zero attached hydrogens (tertiary/aromatic N) is 6. The number of hydrogen-bond donors (Lipinski definition) is 1. The molecule has 1 amide bonds. The normalized spacial score (nSPS) is 23.1. The Kier molecular flexibility index (Phi) is 5.53. The molecule has 1 saturated heterocycles. The van der Waals surface area contributed by atoms with E-state index in [0.717, 1.165) is 64.3 Å². The van der Waals surface area contributed by atoms with Crippen LogP contribution in [0.3, 0.4) is 0 Å². The Morgan fingerprint density at radius 2 is 1.97 bits per heavy atom. The summed E-state index contributed by atoms with van der Waals surface area (Å²) in [6, 6.07) is 15.5. The monoisotopic (exact) mass is 517 g/mol. The fourth-order valence-corrected chi connectivity index (χ4v) is 5.67. The first-order valence-electron chi connectivity index (χ1n) is 13.2. The molecular weight excluding hydrogens is 490 g/mol.